The zero-order valence-electron chi connectivity index (χ0n) is 14.7. The van der Waals surface area contributed by atoms with Gasteiger partial charge in [-0.3, -0.25) is 9.59 Å². The van der Waals surface area contributed by atoms with E-state index in [0.717, 1.165) is 16.7 Å². The minimum atomic E-state index is -0.271. The number of aromatic nitrogens is 2. The van der Waals surface area contributed by atoms with Gasteiger partial charge in [-0.15, -0.1) is 11.3 Å². The number of halogens is 1. The maximum atomic E-state index is 12.7. The van der Waals surface area contributed by atoms with Crippen molar-refractivity contribution in [1.29, 1.82) is 0 Å². The Kier molecular flexibility index (Phi) is 5.23. The van der Waals surface area contributed by atoms with Crippen LogP contribution in [-0.2, 0) is 17.8 Å². The van der Waals surface area contributed by atoms with Crippen LogP contribution in [0.2, 0.25) is 5.02 Å². The van der Waals surface area contributed by atoms with Gasteiger partial charge in [0.2, 0.25) is 5.91 Å². The highest BCUT2D eigenvalue weighted by Gasteiger charge is 2.15. The molecule has 2 aromatic heterocycles. The number of carbonyl (C=O) groups is 1. The number of nitrogens with zero attached hydrogens (tertiary/aromatic N) is 1. The fourth-order valence-corrected chi connectivity index (χ4v) is 4.16. The lowest BCUT2D eigenvalue weighted by Gasteiger charge is -2.06. The Morgan fingerprint density at radius 1 is 1.07 bits per heavy atom. The van der Waals surface area contributed by atoms with E-state index in [9.17, 15) is 9.59 Å². The first-order chi connectivity index (χ1) is 13.6. The number of thiophene rings is 1. The molecule has 4 rings (SSSR count). The van der Waals surface area contributed by atoms with Gasteiger partial charge >= 0.3 is 0 Å². The molecule has 0 bridgehead atoms. The molecule has 0 saturated heterocycles. The molecule has 0 radical (unpaired) electrons. The molecule has 5 nitrogen and oxygen atoms in total. The van der Waals surface area contributed by atoms with E-state index in [1.165, 1.54) is 11.3 Å². The summed E-state index contributed by atoms with van der Waals surface area (Å²) in [5.41, 5.74) is 2.28. The maximum Gasteiger partial charge on any atom is 0.260 e. The van der Waals surface area contributed by atoms with Gasteiger partial charge in [0, 0.05) is 28.1 Å². The van der Waals surface area contributed by atoms with Gasteiger partial charge < -0.3 is 10.3 Å². The Bertz CT molecular complexity index is 1200. The van der Waals surface area contributed by atoms with Gasteiger partial charge in [-0.2, -0.15) is 0 Å². The molecule has 0 unspecified atom stereocenters. The molecule has 0 aliphatic heterocycles. The fourth-order valence-electron chi connectivity index (χ4n) is 2.97. The van der Waals surface area contributed by atoms with E-state index in [2.05, 4.69) is 15.3 Å². The number of amides is 1. The summed E-state index contributed by atoms with van der Waals surface area (Å²) in [6.45, 7) is 0.432. The molecule has 2 N–H and O–H groups in total. The topological polar surface area (TPSA) is 74.8 Å². The van der Waals surface area contributed by atoms with Crippen LogP contribution in [0.15, 0.2) is 64.8 Å². The molecule has 2 aromatic carbocycles. The van der Waals surface area contributed by atoms with Crippen molar-refractivity contribution in [1.82, 2.24) is 15.3 Å². The third-order valence-electron chi connectivity index (χ3n) is 4.32. The van der Waals surface area contributed by atoms with Crippen molar-refractivity contribution in [2.24, 2.45) is 0 Å². The normalized spacial score (nSPS) is 10.9. The zero-order chi connectivity index (χ0) is 19.5. The molecule has 140 valence electrons. The lowest BCUT2D eigenvalue weighted by molar-refractivity contribution is -0.120. The standard InChI is InChI=1S/C21H16ClN3O2S/c22-16-9-5-4-8-14(16)15-12-28-21-19(15)20(27)24-17(25-21)10-18(26)23-11-13-6-2-1-3-7-13/h1-9,12H,10-11H2,(H,23,26)(H,24,25,27). The molecule has 0 aliphatic rings. The molecular weight excluding hydrogens is 394 g/mol. The van der Waals surface area contributed by atoms with E-state index in [4.69, 9.17) is 11.6 Å². The maximum absolute atomic E-state index is 12.7. The summed E-state index contributed by atoms with van der Waals surface area (Å²) in [6, 6.07) is 17.0. The first-order valence-electron chi connectivity index (χ1n) is 8.68. The summed E-state index contributed by atoms with van der Waals surface area (Å²) in [5.74, 6) is 0.143. The highest BCUT2D eigenvalue weighted by Crippen LogP contribution is 2.34. The second-order valence-corrected chi connectivity index (χ2v) is 7.53. The lowest BCUT2D eigenvalue weighted by atomic mass is 10.1. The molecule has 0 aliphatic carbocycles. The summed E-state index contributed by atoms with van der Waals surface area (Å²) < 4.78 is 0. The number of fused-ring (bicyclic) bond motifs is 1. The molecule has 28 heavy (non-hydrogen) atoms. The number of H-pyrrole nitrogens is 1. The van der Waals surface area contributed by atoms with Gasteiger partial charge in [-0.25, -0.2) is 4.98 Å². The minimum Gasteiger partial charge on any atom is -0.352 e. The van der Waals surface area contributed by atoms with Crippen LogP contribution in [0.4, 0.5) is 0 Å². The third-order valence-corrected chi connectivity index (χ3v) is 5.52. The van der Waals surface area contributed by atoms with Crippen molar-refractivity contribution < 1.29 is 4.79 Å². The molecular formula is C21H16ClN3O2S. The number of carbonyl (C=O) groups excluding carboxylic acids is 1. The van der Waals surface area contributed by atoms with Crippen LogP contribution in [-0.4, -0.2) is 15.9 Å². The predicted molar refractivity (Wildman–Crippen MR) is 113 cm³/mol. The first kappa shape index (κ1) is 18.4. The van der Waals surface area contributed by atoms with Crippen molar-refractivity contribution in [3.8, 4) is 11.1 Å². The Labute approximate surface area is 170 Å². The Hall–Kier alpha value is -2.96. The SMILES string of the molecule is O=C(Cc1nc2scc(-c3ccccc3Cl)c2c(=O)[nH]1)NCc1ccccc1. The van der Waals surface area contributed by atoms with Crippen molar-refractivity contribution in [3.05, 3.63) is 86.7 Å². The zero-order valence-corrected chi connectivity index (χ0v) is 16.3. The Morgan fingerprint density at radius 2 is 1.82 bits per heavy atom. The summed E-state index contributed by atoms with van der Waals surface area (Å²) in [5, 5.41) is 5.77. The quantitative estimate of drug-likeness (QED) is 0.519. The largest absolute Gasteiger partial charge is 0.352 e. The van der Waals surface area contributed by atoms with Crippen LogP contribution in [0.1, 0.15) is 11.4 Å². The van der Waals surface area contributed by atoms with Gasteiger partial charge in [-0.05, 0) is 11.6 Å². The number of aromatic amines is 1. The smallest absolute Gasteiger partial charge is 0.260 e. The second-order valence-electron chi connectivity index (χ2n) is 6.26. The average molecular weight is 410 g/mol. The molecule has 0 fully saturated rings. The molecule has 4 aromatic rings. The highest BCUT2D eigenvalue weighted by molar-refractivity contribution is 7.17. The van der Waals surface area contributed by atoms with Gasteiger partial charge in [0.1, 0.15) is 10.7 Å². The van der Waals surface area contributed by atoms with Gasteiger partial charge in [0.15, 0.2) is 0 Å². The molecule has 2 heterocycles. The van der Waals surface area contributed by atoms with Gasteiger partial charge in [-0.1, -0.05) is 60.1 Å². The molecule has 0 atom stereocenters. The highest BCUT2D eigenvalue weighted by atomic mass is 35.5. The number of hydrogen-bond donors (Lipinski definition) is 2. The third kappa shape index (κ3) is 3.83. The second kappa shape index (κ2) is 7.96. The van der Waals surface area contributed by atoms with Crippen LogP contribution in [0.25, 0.3) is 21.3 Å². The van der Waals surface area contributed by atoms with Crippen LogP contribution < -0.4 is 10.9 Å². The van der Waals surface area contributed by atoms with Crippen molar-refractivity contribution in [2.45, 2.75) is 13.0 Å². The van der Waals surface area contributed by atoms with E-state index in [1.54, 1.807) is 6.07 Å². The molecule has 0 spiro atoms. The Balaban J connectivity index is 1.56. The molecule has 0 saturated carbocycles. The van der Waals surface area contributed by atoms with Crippen molar-refractivity contribution >= 4 is 39.1 Å². The van der Waals surface area contributed by atoms with Crippen LogP contribution in [0, 0.1) is 0 Å². The van der Waals surface area contributed by atoms with Crippen LogP contribution >= 0.6 is 22.9 Å². The van der Waals surface area contributed by atoms with Gasteiger partial charge in [0.25, 0.3) is 5.56 Å². The summed E-state index contributed by atoms with van der Waals surface area (Å²) in [6.07, 6.45) is 0.0113. The lowest BCUT2D eigenvalue weighted by Crippen LogP contribution is -2.26. The van der Waals surface area contributed by atoms with E-state index in [-0.39, 0.29) is 17.9 Å². The fraction of sp³-hybridized carbons (Fsp3) is 0.0952. The number of benzene rings is 2. The minimum absolute atomic E-state index is 0.0113. The summed E-state index contributed by atoms with van der Waals surface area (Å²) >= 11 is 7.63. The van der Waals surface area contributed by atoms with E-state index >= 15 is 0 Å². The van der Waals surface area contributed by atoms with Crippen molar-refractivity contribution in [2.75, 3.05) is 0 Å². The number of rotatable bonds is 5. The molecule has 1 amide bonds. The van der Waals surface area contributed by atoms with E-state index < -0.39 is 0 Å². The number of nitrogens with one attached hydrogen (secondary N) is 2. The Morgan fingerprint density at radius 3 is 2.61 bits per heavy atom. The van der Waals surface area contributed by atoms with Crippen LogP contribution in [0.5, 0.6) is 0 Å². The monoisotopic (exact) mass is 409 g/mol. The van der Waals surface area contributed by atoms with E-state index in [1.807, 2.05) is 53.9 Å². The predicted octanol–water partition coefficient (Wildman–Crippen LogP) is 4.16. The van der Waals surface area contributed by atoms with Crippen molar-refractivity contribution in [3.63, 3.8) is 0 Å². The first-order valence-corrected chi connectivity index (χ1v) is 9.93. The summed E-state index contributed by atoms with van der Waals surface area (Å²) in [4.78, 5) is 32.7. The average Bonchev–Trinajstić information content (AvgIpc) is 3.12. The molecule has 7 heteroatoms. The van der Waals surface area contributed by atoms with E-state index in [0.29, 0.717) is 27.6 Å². The number of hydrogen-bond acceptors (Lipinski definition) is 4. The van der Waals surface area contributed by atoms with Gasteiger partial charge in [0.05, 0.1) is 11.8 Å². The summed E-state index contributed by atoms with van der Waals surface area (Å²) in [7, 11) is 0. The van der Waals surface area contributed by atoms with Crippen LogP contribution in [0.3, 0.4) is 0 Å².